The molecule has 1 rings (SSSR count). The van der Waals surface area contributed by atoms with E-state index in [2.05, 4.69) is 6.92 Å². The van der Waals surface area contributed by atoms with Gasteiger partial charge in [-0.15, -0.1) is 0 Å². The van der Waals surface area contributed by atoms with Gasteiger partial charge in [0.25, 0.3) is 0 Å². The summed E-state index contributed by atoms with van der Waals surface area (Å²) in [7, 11) is 0. The highest BCUT2D eigenvalue weighted by atomic mass is 16.6. The lowest BCUT2D eigenvalue weighted by Crippen LogP contribution is -2.07. The first-order valence-corrected chi connectivity index (χ1v) is 8.66. The molecular formula is C19H28O5. The topological polar surface area (TPSA) is 61.8 Å². The maximum absolute atomic E-state index is 11.2. The largest absolute Gasteiger partial charge is 0.493 e. The van der Waals surface area contributed by atoms with Crippen molar-refractivity contribution in [2.75, 3.05) is 6.61 Å². The Kier molecular flexibility index (Phi) is 9.58. The van der Waals surface area contributed by atoms with Crippen LogP contribution >= 0.6 is 0 Å². The van der Waals surface area contributed by atoms with Crippen LogP contribution in [-0.4, -0.2) is 18.5 Å². The van der Waals surface area contributed by atoms with Crippen molar-refractivity contribution in [3.63, 3.8) is 0 Å². The monoisotopic (exact) mass is 336 g/mol. The molecule has 24 heavy (non-hydrogen) atoms. The second kappa shape index (κ2) is 11.5. The van der Waals surface area contributed by atoms with Crippen molar-refractivity contribution in [2.45, 2.75) is 65.7 Å². The fourth-order valence-electron chi connectivity index (χ4n) is 2.30. The molecule has 0 atom stereocenters. The van der Waals surface area contributed by atoms with Crippen LogP contribution in [0.5, 0.6) is 17.2 Å². The normalized spacial score (nSPS) is 10.3. The molecule has 1 aromatic rings. The van der Waals surface area contributed by atoms with E-state index in [1.807, 2.05) is 0 Å². The van der Waals surface area contributed by atoms with Gasteiger partial charge in [-0.1, -0.05) is 45.4 Å². The van der Waals surface area contributed by atoms with E-state index in [4.69, 9.17) is 14.2 Å². The smallest absolute Gasteiger partial charge is 0.308 e. The summed E-state index contributed by atoms with van der Waals surface area (Å²) in [5.41, 5.74) is 0. The number of esters is 2. The van der Waals surface area contributed by atoms with E-state index in [9.17, 15) is 9.59 Å². The van der Waals surface area contributed by atoms with Crippen LogP contribution in [0.15, 0.2) is 18.2 Å². The van der Waals surface area contributed by atoms with Crippen LogP contribution in [0.3, 0.4) is 0 Å². The summed E-state index contributed by atoms with van der Waals surface area (Å²) in [5.74, 6) is 0.0386. The van der Waals surface area contributed by atoms with Crippen LogP contribution in [0.1, 0.15) is 65.7 Å². The van der Waals surface area contributed by atoms with Crippen LogP contribution in [0.25, 0.3) is 0 Å². The van der Waals surface area contributed by atoms with E-state index in [-0.39, 0.29) is 11.5 Å². The first-order chi connectivity index (χ1) is 11.5. The Morgan fingerprint density at radius 2 is 1.42 bits per heavy atom. The van der Waals surface area contributed by atoms with Gasteiger partial charge in [0.2, 0.25) is 0 Å². The number of hydrogen-bond donors (Lipinski definition) is 0. The molecule has 0 aliphatic rings. The van der Waals surface area contributed by atoms with Crippen LogP contribution in [0.4, 0.5) is 0 Å². The number of rotatable bonds is 11. The fraction of sp³-hybridized carbons (Fsp3) is 0.579. The Hall–Kier alpha value is -2.04. The summed E-state index contributed by atoms with van der Waals surface area (Å²) in [6.45, 7) is 5.41. The van der Waals surface area contributed by atoms with E-state index in [1.165, 1.54) is 46.0 Å². The van der Waals surface area contributed by atoms with Crippen LogP contribution in [-0.2, 0) is 9.59 Å². The molecule has 0 fully saturated rings. The van der Waals surface area contributed by atoms with Gasteiger partial charge in [-0.05, 0) is 18.6 Å². The SMILES string of the molecule is CCCCCCCCCOc1ccc(OC(C)=O)c(OC(C)=O)c1. The molecule has 5 nitrogen and oxygen atoms in total. The molecular weight excluding hydrogens is 308 g/mol. The van der Waals surface area contributed by atoms with Crippen molar-refractivity contribution >= 4 is 11.9 Å². The van der Waals surface area contributed by atoms with Gasteiger partial charge in [0.05, 0.1) is 6.61 Å². The molecule has 1 aromatic carbocycles. The third-order valence-corrected chi connectivity index (χ3v) is 3.44. The number of carbonyl (C=O) groups is 2. The van der Waals surface area contributed by atoms with E-state index in [0.29, 0.717) is 12.4 Å². The van der Waals surface area contributed by atoms with Crippen molar-refractivity contribution in [1.82, 2.24) is 0 Å². The van der Waals surface area contributed by atoms with E-state index < -0.39 is 11.9 Å². The number of hydrogen-bond acceptors (Lipinski definition) is 5. The zero-order valence-corrected chi connectivity index (χ0v) is 14.9. The molecule has 0 bridgehead atoms. The zero-order valence-electron chi connectivity index (χ0n) is 14.9. The Balaban J connectivity index is 2.44. The lowest BCUT2D eigenvalue weighted by atomic mass is 10.1. The Bertz CT molecular complexity index is 524. The Morgan fingerprint density at radius 1 is 0.833 bits per heavy atom. The van der Waals surface area contributed by atoms with Gasteiger partial charge in [-0.3, -0.25) is 9.59 Å². The second-order valence-electron chi connectivity index (χ2n) is 5.77. The average Bonchev–Trinajstić information content (AvgIpc) is 2.51. The molecule has 0 unspecified atom stereocenters. The molecule has 0 saturated carbocycles. The van der Waals surface area contributed by atoms with E-state index in [1.54, 1.807) is 18.2 Å². The minimum absolute atomic E-state index is 0.190. The number of ether oxygens (including phenoxy) is 3. The number of unbranched alkanes of at least 4 members (excludes halogenated alkanes) is 6. The maximum atomic E-state index is 11.2. The van der Waals surface area contributed by atoms with Gasteiger partial charge >= 0.3 is 11.9 Å². The quantitative estimate of drug-likeness (QED) is 0.334. The summed E-state index contributed by atoms with van der Waals surface area (Å²) >= 11 is 0. The Labute approximate surface area is 144 Å². The van der Waals surface area contributed by atoms with Crippen LogP contribution in [0, 0.1) is 0 Å². The van der Waals surface area contributed by atoms with Gasteiger partial charge < -0.3 is 14.2 Å². The molecule has 5 heteroatoms. The third-order valence-electron chi connectivity index (χ3n) is 3.44. The van der Waals surface area contributed by atoms with Crippen LogP contribution < -0.4 is 14.2 Å². The minimum Gasteiger partial charge on any atom is -0.493 e. The average molecular weight is 336 g/mol. The lowest BCUT2D eigenvalue weighted by molar-refractivity contribution is -0.134. The molecule has 134 valence electrons. The Morgan fingerprint density at radius 3 is 2.04 bits per heavy atom. The van der Waals surface area contributed by atoms with Crippen molar-refractivity contribution in [2.24, 2.45) is 0 Å². The summed E-state index contributed by atoms with van der Waals surface area (Å²) in [5, 5.41) is 0. The predicted molar refractivity (Wildman–Crippen MR) is 92.5 cm³/mol. The van der Waals surface area contributed by atoms with Crippen molar-refractivity contribution in [3.8, 4) is 17.2 Å². The first kappa shape index (κ1) is 20.0. The molecule has 0 aliphatic heterocycles. The first-order valence-electron chi connectivity index (χ1n) is 8.66. The van der Waals surface area contributed by atoms with Gasteiger partial charge in [0, 0.05) is 19.9 Å². The summed E-state index contributed by atoms with van der Waals surface area (Å²) < 4.78 is 15.8. The minimum atomic E-state index is -0.479. The molecule has 0 heterocycles. The third kappa shape index (κ3) is 8.56. The number of carbonyl (C=O) groups excluding carboxylic acids is 2. The lowest BCUT2D eigenvalue weighted by Gasteiger charge is -2.11. The van der Waals surface area contributed by atoms with Crippen LogP contribution in [0.2, 0.25) is 0 Å². The van der Waals surface area contributed by atoms with Gasteiger partial charge in [0.1, 0.15) is 5.75 Å². The fourth-order valence-corrected chi connectivity index (χ4v) is 2.30. The van der Waals surface area contributed by atoms with Gasteiger partial charge in [0.15, 0.2) is 11.5 Å². The van der Waals surface area contributed by atoms with E-state index >= 15 is 0 Å². The number of benzene rings is 1. The van der Waals surface area contributed by atoms with Gasteiger partial charge in [-0.25, -0.2) is 0 Å². The van der Waals surface area contributed by atoms with Crippen molar-refractivity contribution in [3.05, 3.63) is 18.2 Å². The molecule has 0 N–H and O–H groups in total. The molecule has 0 aromatic heterocycles. The zero-order chi connectivity index (χ0) is 17.8. The van der Waals surface area contributed by atoms with Gasteiger partial charge in [-0.2, -0.15) is 0 Å². The summed E-state index contributed by atoms with van der Waals surface area (Å²) in [6.07, 6.45) is 8.52. The molecule has 0 amide bonds. The maximum Gasteiger partial charge on any atom is 0.308 e. The van der Waals surface area contributed by atoms with E-state index in [0.717, 1.165) is 12.8 Å². The second-order valence-corrected chi connectivity index (χ2v) is 5.77. The summed E-state index contributed by atoms with van der Waals surface area (Å²) in [4.78, 5) is 22.2. The molecule has 0 saturated heterocycles. The molecule has 0 spiro atoms. The van der Waals surface area contributed by atoms with Crippen molar-refractivity contribution in [1.29, 1.82) is 0 Å². The predicted octanol–water partition coefficient (Wildman–Crippen LogP) is 4.67. The highest BCUT2D eigenvalue weighted by Crippen LogP contribution is 2.32. The highest BCUT2D eigenvalue weighted by Gasteiger charge is 2.11. The molecule has 0 radical (unpaired) electrons. The standard InChI is InChI=1S/C19H28O5/c1-4-5-6-7-8-9-10-13-22-17-11-12-18(23-15(2)20)19(14-17)24-16(3)21/h11-12,14H,4-10,13H2,1-3H3. The summed E-state index contributed by atoms with van der Waals surface area (Å²) in [6, 6.07) is 4.84. The van der Waals surface area contributed by atoms with Crippen molar-refractivity contribution < 1.29 is 23.8 Å². The molecule has 0 aliphatic carbocycles. The highest BCUT2D eigenvalue weighted by molar-refractivity contribution is 5.73.